The van der Waals surface area contributed by atoms with Gasteiger partial charge in [-0.2, -0.15) is 0 Å². The number of sulfone groups is 1. The number of methoxy groups -OCH3 is 1. The third-order valence-electron chi connectivity index (χ3n) is 4.59. The Morgan fingerprint density at radius 3 is 2.44 bits per heavy atom. The van der Waals surface area contributed by atoms with E-state index in [9.17, 15) is 13.2 Å². The van der Waals surface area contributed by atoms with Gasteiger partial charge in [-0.1, -0.05) is 6.07 Å². The van der Waals surface area contributed by atoms with Gasteiger partial charge in [0.1, 0.15) is 0 Å². The number of ether oxygens (including phenoxy) is 2. The summed E-state index contributed by atoms with van der Waals surface area (Å²) in [4.78, 5) is 12.7. The van der Waals surface area contributed by atoms with E-state index in [0.29, 0.717) is 16.5 Å². The molecule has 2 unspecified atom stereocenters. The van der Waals surface area contributed by atoms with E-state index in [1.807, 2.05) is 25.3 Å². The van der Waals surface area contributed by atoms with E-state index in [1.165, 1.54) is 12.3 Å². The lowest BCUT2D eigenvalue weighted by Gasteiger charge is -2.23. The number of esters is 1. The lowest BCUT2D eigenvalue weighted by atomic mass is 10.1. The van der Waals surface area contributed by atoms with Crippen LogP contribution in [-0.2, 0) is 19.3 Å². The van der Waals surface area contributed by atoms with E-state index < -0.39 is 15.8 Å². The van der Waals surface area contributed by atoms with Gasteiger partial charge in [0, 0.05) is 24.4 Å². The first-order chi connectivity index (χ1) is 11.6. The quantitative estimate of drug-likeness (QED) is 0.733. The van der Waals surface area contributed by atoms with Crippen molar-refractivity contribution in [3.05, 3.63) is 29.5 Å². The third-order valence-corrected chi connectivity index (χ3v) is 5.70. The Labute approximate surface area is 148 Å². The van der Waals surface area contributed by atoms with Crippen molar-refractivity contribution in [1.82, 2.24) is 4.57 Å². The highest BCUT2D eigenvalue weighted by molar-refractivity contribution is 7.90. The van der Waals surface area contributed by atoms with Gasteiger partial charge in [0.2, 0.25) is 0 Å². The number of carbonyl (C=O) groups excluding carboxylic acids is 1. The first kappa shape index (κ1) is 19.5. The summed E-state index contributed by atoms with van der Waals surface area (Å²) in [6, 6.07) is 4.71. The van der Waals surface area contributed by atoms with Crippen molar-refractivity contribution in [3.8, 4) is 0 Å². The summed E-state index contributed by atoms with van der Waals surface area (Å²) in [5.74, 6) is -0.409. The Morgan fingerprint density at radius 2 is 1.92 bits per heavy atom. The fraction of sp³-hybridized carbons (Fsp3) is 0.500. The zero-order valence-electron chi connectivity index (χ0n) is 15.5. The molecule has 0 bridgehead atoms. The number of nitrogens with zero attached hydrogens (tertiary/aromatic N) is 1. The molecule has 0 fully saturated rings. The molecular weight excluding hydrogens is 342 g/mol. The summed E-state index contributed by atoms with van der Waals surface area (Å²) in [5, 5.41) is 0.679. The van der Waals surface area contributed by atoms with E-state index in [-0.39, 0.29) is 23.6 Å². The maximum atomic E-state index is 12.5. The molecule has 0 aliphatic carbocycles. The van der Waals surface area contributed by atoms with E-state index in [4.69, 9.17) is 9.47 Å². The number of carbonyl (C=O) groups is 1. The van der Waals surface area contributed by atoms with Gasteiger partial charge in [-0.05, 0) is 39.8 Å². The summed E-state index contributed by atoms with van der Waals surface area (Å²) >= 11 is 0. The Morgan fingerprint density at radius 1 is 1.28 bits per heavy atom. The van der Waals surface area contributed by atoms with Crippen LogP contribution in [0.3, 0.4) is 0 Å². The first-order valence-corrected chi connectivity index (χ1v) is 10.1. The molecule has 2 rings (SSSR count). The molecule has 1 heterocycles. The third kappa shape index (κ3) is 3.57. The van der Waals surface area contributed by atoms with Crippen molar-refractivity contribution < 1.29 is 22.7 Å². The molecule has 0 saturated carbocycles. The van der Waals surface area contributed by atoms with E-state index in [2.05, 4.69) is 0 Å². The second kappa shape index (κ2) is 7.17. The smallest absolute Gasteiger partial charge is 0.340 e. The minimum Gasteiger partial charge on any atom is -0.462 e. The topological polar surface area (TPSA) is 74.6 Å². The number of rotatable bonds is 6. The predicted octanol–water partition coefficient (Wildman–Crippen LogP) is 3.13. The number of aromatic nitrogens is 1. The highest BCUT2D eigenvalue weighted by Gasteiger charge is 2.26. The Bertz CT molecular complexity index is 898. The van der Waals surface area contributed by atoms with Crippen LogP contribution in [0, 0.1) is 6.92 Å². The van der Waals surface area contributed by atoms with Gasteiger partial charge in [0.25, 0.3) is 0 Å². The summed E-state index contributed by atoms with van der Waals surface area (Å²) in [6.45, 7) is 7.77. The molecule has 0 saturated heterocycles. The maximum Gasteiger partial charge on any atom is 0.340 e. The van der Waals surface area contributed by atoms with Crippen molar-refractivity contribution in [2.24, 2.45) is 0 Å². The SMILES string of the molecule is CCOC(=O)c1c(C)n(C(C)C(C)OC)c2cc(S(C)(=O)=O)ccc12. The van der Waals surface area contributed by atoms with Gasteiger partial charge in [-0.3, -0.25) is 0 Å². The molecular formula is C18H25NO5S. The van der Waals surface area contributed by atoms with Gasteiger partial charge in [0.15, 0.2) is 9.84 Å². The molecule has 25 heavy (non-hydrogen) atoms. The van der Waals surface area contributed by atoms with Crippen molar-refractivity contribution in [1.29, 1.82) is 0 Å². The normalized spacial score (nSPS) is 14.5. The zero-order chi connectivity index (χ0) is 18.9. The largest absolute Gasteiger partial charge is 0.462 e. The van der Waals surface area contributed by atoms with Crippen LogP contribution in [0.15, 0.2) is 23.1 Å². The molecule has 0 radical (unpaired) electrons. The van der Waals surface area contributed by atoms with Crippen LogP contribution in [0.1, 0.15) is 42.9 Å². The molecule has 0 aliphatic heterocycles. The molecule has 2 aromatic rings. The zero-order valence-corrected chi connectivity index (χ0v) is 16.3. The average molecular weight is 367 g/mol. The number of fused-ring (bicyclic) bond motifs is 1. The maximum absolute atomic E-state index is 12.5. The summed E-state index contributed by atoms with van der Waals surface area (Å²) in [5.41, 5.74) is 1.88. The number of hydrogen-bond donors (Lipinski definition) is 0. The molecule has 2 atom stereocenters. The Balaban J connectivity index is 2.83. The van der Waals surface area contributed by atoms with Crippen molar-refractivity contribution in [2.45, 2.75) is 44.7 Å². The van der Waals surface area contributed by atoms with Gasteiger partial charge in [-0.25, -0.2) is 13.2 Å². The second-order valence-electron chi connectivity index (χ2n) is 6.18. The molecule has 138 valence electrons. The lowest BCUT2D eigenvalue weighted by Crippen LogP contribution is -2.22. The van der Waals surface area contributed by atoms with Gasteiger partial charge < -0.3 is 14.0 Å². The summed E-state index contributed by atoms with van der Waals surface area (Å²) in [7, 11) is -1.74. The lowest BCUT2D eigenvalue weighted by molar-refractivity contribution is 0.0525. The standard InChI is InChI=1S/C18H25NO5S/c1-7-24-18(20)17-12(3)19(11(2)13(4)23-5)16-10-14(25(6,21)22)8-9-15(16)17/h8-11,13H,7H2,1-6H3. The summed E-state index contributed by atoms with van der Waals surface area (Å²) < 4.78 is 36.5. The monoisotopic (exact) mass is 367 g/mol. The molecule has 0 spiro atoms. The molecule has 6 nitrogen and oxygen atoms in total. The van der Waals surface area contributed by atoms with Gasteiger partial charge >= 0.3 is 5.97 Å². The van der Waals surface area contributed by atoms with Crippen LogP contribution < -0.4 is 0 Å². The minimum atomic E-state index is -3.36. The fourth-order valence-corrected chi connectivity index (χ4v) is 3.68. The van der Waals surface area contributed by atoms with Crippen molar-refractivity contribution >= 4 is 26.7 Å². The van der Waals surface area contributed by atoms with Crippen LogP contribution in [0.2, 0.25) is 0 Å². The molecule has 1 aromatic carbocycles. The number of hydrogen-bond acceptors (Lipinski definition) is 5. The first-order valence-electron chi connectivity index (χ1n) is 8.18. The van der Waals surface area contributed by atoms with Gasteiger partial charge in [0.05, 0.1) is 34.7 Å². The Kier molecular flexibility index (Phi) is 5.58. The van der Waals surface area contributed by atoms with Gasteiger partial charge in [-0.15, -0.1) is 0 Å². The Hall–Kier alpha value is -1.86. The molecule has 7 heteroatoms. The van der Waals surface area contributed by atoms with Crippen LogP contribution in [0.25, 0.3) is 10.9 Å². The minimum absolute atomic E-state index is 0.0921. The molecule has 1 aromatic heterocycles. The van der Waals surface area contributed by atoms with E-state index >= 15 is 0 Å². The second-order valence-corrected chi connectivity index (χ2v) is 8.20. The molecule has 0 aliphatic rings. The fourth-order valence-electron chi connectivity index (χ4n) is 3.04. The van der Waals surface area contributed by atoms with Crippen LogP contribution >= 0.6 is 0 Å². The average Bonchev–Trinajstić information content (AvgIpc) is 2.83. The van der Waals surface area contributed by atoms with Crippen LogP contribution in [0.4, 0.5) is 0 Å². The highest BCUT2D eigenvalue weighted by atomic mass is 32.2. The van der Waals surface area contributed by atoms with Crippen LogP contribution in [-0.4, -0.2) is 45.0 Å². The van der Waals surface area contributed by atoms with E-state index in [1.54, 1.807) is 26.2 Å². The summed E-state index contributed by atoms with van der Waals surface area (Å²) in [6.07, 6.45) is 1.05. The number of benzene rings is 1. The van der Waals surface area contributed by atoms with E-state index in [0.717, 1.165) is 5.69 Å². The van der Waals surface area contributed by atoms with Crippen LogP contribution in [0.5, 0.6) is 0 Å². The highest BCUT2D eigenvalue weighted by Crippen LogP contribution is 2.33. The predicted molar refractivity (Wildman–Crippen MR) is 96.9 cm³/mol. The molecule has 0 N–H and O–H groups in total. The molecule has 0 amide bonds. The van der Waals surface area contributed by atoms with Crippen molar-refractivity contribution in [3.63, 3.8) is 0 Å². The van der Waals surface area contributed by atoms with Crippen molar-refractivity contribution in [2.75, 3.05) is 20.0 Å².